The molecule has 6 heteroatoms. The molecule has 0 amide bonds. The summed E-state index contributed by atoms with van der Waals surface area (Å²) in [5, 5.41) is 0. The number of halogens is 4. The van der Waals surface area contributed by atoms with Gasteiger partial charge in [0.2, 0.25) is 0 Å². The zero-order valence-electron chi connectivity index (χ0n) is 17.4. The van der Waals surface area contributed by atoms with Gasteiger partial charge in [-0.1, -0.05) is 39.5 Å². The largest absolute Gasteiger partial charge is 0.493 e. The minimum absolute atomic E-state index is 0.190. The van der Waals surface area contributed by atoms with Crippen molar-refractivity contribution in [3.63, 3.8) is 0 Å². The zero-order valence-corrected chi connectivity index (χ0v) is 17.4. The average molecular weight is 416 g/mol. The molecule has 2 fully saturated rings. The molecular weight excluding hydrogens is 384 g/mol. The van der Waals surface area contributed by atoms with Gasteiger partial charge in [0, 0.05) is 0 Å². The summed E-state index contributed by atoms with van der Waals surface area (Å²) in [6.07, 6.45) is 3.25. The molecule has 3 rings (SSSR count). The highest BCUT2D eigenvalue weighted by atomic mass is 19.4. The second-order valence-corrected chi connectivity index (χ2v) is 9.12. The van der Waals surface area contributed by atoms with Crippen molar-refractivity contribution >= 4 is 0 Å². The van der Waals surface area contributed by atoms with Crippen molar-refractivity contribution in [1.29, 1.82) is 0 Å². The number of rotatable bonds is 6. The van der Waals surface area contributed by atoms with Gasteiger partial charge in [-0.05, 0) is 61.5 Å². The van der Waals surface area contributed by atoms with Crippen LogP contribution in [-0.4, -0.2) is 13.2 Å². The molecule has 0 atom stereocenters. The Kier molecular flexibility index (Phi) is 7.33. The van der Waals surface area contributed by atoms with Crippen LogP contribution >= 0.6 is 0 Å². The molecule has 1 aromatic rings. The molecule has 2 aliphatic carbocycles. The quantitative estimate of drug-likeness (QED) is 0.455. The summed E-state index contributed by atoms with van der Waals surface area (Å²) in [6, 6.07) is 2.48. The number of ether oxygens (including phenoxy) is 2. The van der Waals surface area contributed by atoms with E-state index in [1.54, 1.807) is 0 Å². The first-order valence-corrected chi connectivity index (χ1v) is 10.9. The molecule has 0 aliphatic heterocycles. The van der Waals surface area contributed by atoms with E-state index in [0.29, 0.717) is 11.8 Å². The summed E-state index contributed by atoms with van der Waals surface area (Å²) >= 11 is 0. The maximum atomic E-state index is 14.7. The summed E-state index contributed by atoms with van der Waals surface area (Å²) in [4.78, 5) is 0. The van der Waals surface area contributed by atoms with E-state index in [4.69, 9.17) is 9.47 Å². The maximum absolute atomic E-state index is 14.7. The van der Waals surface area contributed by atoms with Gasteiger partial charge in [-0.3, -0.25) is 0 Å². The van der Waals surface area contributed by atoms with Crippen molar-refractivity contribution in [3.05, 3.63) is 23.5 Å². The van der Waals surface area contributed by atoms with E-state index in [-0.39, 0.29) is 30.8 Å². The normalized spacial score (nSPS) is 28.2. The van der Waals surface area contributed by atoms with Crippen molar-refractivity contribution in [1.82, 2.24) is 0 Å². The lowest BCUT2D eigenvalue weighted by Gasteiger charge is -2.27. The molecule has 2 nitrogen and oxygen atoms in total. The number of hydrogen-bond acceptors (Lipinski definition) is 2. The van der Waals surface area contributed by atoms with Gasteiger partial charge in [0.1, 0.15) is 11.3 Å². The van der Waals surface area contributed by atoms with E-state index < -0.39 is 23.3 Å². The van der Waals surface area contributed by atoms with E-state index in [0.717, 1.165) is 51.4 Å². The Morgan fingerprint density at radius 3 is 1.62 bits per heavy atom. The Balaban J connectivity index is 1.66. The van der Waals surface area contributed by atoms with Crippen LogP contribution in [-0.2, 0) is 6.18 Å². The number of benzene rings is 1. The summed E-state index contributed by atoms with van der Waals surface area (Å²) in [7, 11) is 0. The van der Waals surface area contributed by atoms with Crippen molar-refractivity contribution in [2.75, 3.05) is 13.2 Å². The van der Waals surface area contributed by atoms with Gasteiger partial charge in [-0.2, -0.15) is 13.2 Å². The fourth-order valence-electron chi connectivity index (χ4n) is 4.44. The summed E-state index contributed by atoms with van der Waals surface area (Å²) < 4.78 is 66.4. The van der Waals surface area contributed by atoms with Gasteiger partial charge in [-0.25, -0.2) is 4.39 Å². The fraction of sp³-hybridized carbons (Fsp3) is 0.739. The SMILES string of the molecule is CC1CCC(COc2ccc(OCC3CCC(C)CC3)c(C(F)(F)F)c2F)CC1. The van der Waals surface area contributed by atoms with Crippen LogP contribution in [0.2, 0.25) is 0 Å². The highest BCUT2D eigenvalue weighted by molar-refractivity contribution is 5.44. The molecule has 0 unspecified atom stereocenters. The first kappa shape index (κ1) is 22.2. The van der Waals surface area contributed by atoms with Gasteiger partial charge in [0.05, 0.1) is 13.2 Å². The topological polar surface area (TPSA) is 18.5 Å². The third-order valence-corrected chi connectivity index (χ3v) is 6.57. The molecule has 29 heavy (non-hydrogen) atoms. The van der Waals surface area contributed by atoms with Gasteiger partial charge in [0.25, 0.3) is 0 Å². The number of hydrogen-bond donors (Lipinski definition) is 0. The third-order valence-electron chi connectivity index (χ3n) is 6.57. The van der Waals surface area contributed by atoms with Crippen molar-refractivity contribution in [2.45, 2.75) is 71.4 Å². The van der Waals surface area contributed by atoms with E-state index in [9.17, 15) is 17.6 Å². The minimum atomic E-state index is -4.83. The molecule has 0 N–H and O–H groups in total. The molecule has 0 bridgehead atoms. The van der Waals surface area contributed by atoms with Crippen molar-refractivity contribution < 1.29 is 27.0 Å². The summed E-state index contributed by atoms with van der Waals surface area (Å²) in [5.41, 5.74) is -1.35. The molecule has 1 aromatic carbocycles. The Bertz CT molecular complexity index is 658. The van der Waals surface area contributed by atoms with Gasteiger partial charge >= 0.3 is 6.18 Å². The third kappa shape index (κ3) is 6.02. The van der Waals surface area contributed by atoms with E-state index in [1.165, 1.54) is 12.1 Å². The van der Waals surface area contributed by atoms with E-state index in [2.05, 4.69) is 13.8 Å². The summed E-state index contributed by atoms with van der Waals surface area (Å²) in [6.45, 7) is 4.82. The predicted octanol–water partition coefficient (Wildman–Crippen LogP) is 7.25. The lowest BCUT2D eigenvalue weighted by Crippen LogP contribution is -2.21. The van der Waals surface area contributed by atoms with Crippen molar-refractivity contribution in [3.8, 4) is 11.5 Å². The molecular formula is C23H32F4O2. The van der Waals surface area contributed by atoms with Gasteiger partial charge in [-0.15, -0.1) is 0 Å². The van der Waals surface area contributed by atoms with Crippen LogP contribution in [0.15, 0.2) is 12.1 Å². The molecule has 2 aliphatic rings. The second-order valence-electron chi connectivity index (χ2n) is 9.12. The molecule has 0 saturated heterocycles. The molecule has 0 heterocycles. The predicted molar refractivity (Wildman–Crippen MR) is 105 cm³/mol. The Morgan fingerprint density at radius 1 is 0.759 bits per heavy atom. The molecule has 0 radical (unpaired) electrons. The zero-order chi connectivity index (χ0) is 21.0. The van der Waals surface area contributed by atoms with Crippen LogP contribution in [0.5, 0.6) is 11.5 Å². The highest BCUT2D eigenvalue weighted by Gasteiger charge is 2.40. The van der Waals surface area contributed by atoms with Crippen LogP contribution in [0.1, 0.15) is 70.8 Å². The van der Waals surface area contributed by atoms with Crippen LogP contribution in [0.25, 0.3) is 0 Å². The average Bonchev–Trinajstić information content (AvgIpc) is 2.67. The van der Waals surface area contributed by atoms with E-state index in [1.807, 2.05) is 0 Å². The van der Waals surface area contributed by atoms with Crippen LogP contribution in [0, 0.1) is 29.5 Å². The molecule has 164 valence electrons. The molecule has 0 aromatic heterocycles. The van der Waals surface area contributed by atoms with Crippen molar-refractivity contribution in [2.24, 2.45) is 23.7 Å². The Morgan fingerprint density at radius 2 is 1.17 bits per heavy atom. The maximum Gasteiger partial charge on any atom is 0.422 e. The second kappa shape index (κ2) is 9.57. The van der Waals surface area contributed by atoms with Gasteiger partial charge < -0.3 is 9.47 Å². The van der Waals surface area contributed by atoms with Crippen LogP contribution < -0.4 is 9.47 Å². The first-order valence-electron chi connectivity index (χ1n) is 10.9. The van der Waals surface area contributed by atoms with Crippen LogP contribution in [0.3, 0.4) is 0 Å². The summed E-state index contributed by atoms with van der Waals surface area (Å²) in [5.74, 6) is -0.329. The lowest BCUT2D eigenvalue weighted by molar-refractivity contribution is -0.141. The molecule has 2 saturated carbocycles. The Labute approximate surface area is 171 Å². The molecule has 0 spiro atoms. The standard InChI is InChI=1S/C23H32F4O2/c1-15-3-7-17(8-4-15)13-28-19-11-12-20(22(24)21(19)23(25,26)27)29-14-18-9-5-16(2)6-10-18/h11-12,15-18H,3-10,13-14H2,1-2H3. The number of alkyl halides is 3. The highest BCUT2D eigenvalue weighted by Crippen LogP contribution is 2.42. The smallest absolute Gasteiger partial charge is 0.422 e. The fourth-order valence-corrected chi connectivity index (χ4v) is 4.44. The lowest BCUT2D eigenvalue weighted by atomic mass is 9.83. The first-order chi connectivity index (χ1) is 13.7. The minimum Gasteiger partial charge on any atom is -0.493 e. The van der Waals surface area contributed by atoms with E-state index >= 15 is 0 Å². The van der Waals surface area contributed by atoms with Crippen LogP contribution in [0.4, 0.5) is 17.6 Å². The van der Waals surface area contributed by atoms with Gasteiger partial charge in [0.15, 0.2) is 11.6 Å². The monoisotopic (exact) mass is 416 g/mol. The Hall–Kier alpha value is -1.46.